The lowest BCUT2D eigenvalue weighted by Gasteiger charge is -2.05. The van der Waals surface area contributed by atoms with Crippen LogP contribution in [-0.2, 0) is 18.7 Å². The number of aromatic nitrogens is 4. The average Bonchev–Trinajstić information content (AvgIpc) is 3.17. The number of fused-ring (bicyclic) bond motifs is 1. The van der Waals surface area contributed by atoms with Crippen molar-refractivity contribution in [2.75, 3.05) is 0 Å². The number of imidazole rings is 1. The fraction of sp³-hybridized carbons (Fsp3) is 0.190. The zero-order valence-electron chi connectivity index (χ0n) is 15.6. The van der Waals surface area contributed by atoms with Gasteiger partial charge in [0.25, 0.3) is 5.69 Å². The molecule has 0 saturated heterocycles. The molecule has 29 heavy (non-hydrogen) atoms. The van der Waals surface area contributed by atoms with Gasteiger partial charge in [-0.25, -0.2) is 15.0 Å². The lowest BCUT2D eigenvalue weighted by molar-refractivity contribution is -0.384. The maximum absolute atomic E-state index is 10.8. The number of nitrogens with zero attached hydrogens (tertiary/aromatic N) is 5. The predicted octanol–water partition coefficient (Wildman–Crippen LogP) is 4.66. The van der Waals surface area contributed by atoms with E-state index in [-0.39, 0.29) is 5.69 Å². The summed E-state index contributed by atoms with van der Waals surface area (Å²) in [7, 11) is 0. The van der Waals surface area contributed by atoms with Gasteiger partial charge < -0.3 is 4.57 Å². The first-order chi connectivity index (χ1) is 14.2. The number of hydrogen-bond donors (Lipinski definition) is 0. The molecule has 2 aromatic carbocycles. The molecule has 0 N–H and O–H groups in total. The number of nitro benzene ring substituents is 1. The second-order valence-electron chi connectivity index (χ2n) is 6.59. The first-order valence-corrected chi connectivity index (χ1v) is 10.2. The zero-order chi connectivity index (χ0) is 20.1. The largest absolute Gasteiger partial charge is 0.315 e. The molecular weight excluding hydrogens is 386 g/mol. The molecule has 7 nitrogen and oxygen atoms in total. The summed E-state index contributed by atoms with van der Waals surface area (Å²) in [5.41, 5.74) is 4.04. The third-order valence-electron chi connectivity index (χ3n) is 4.60. The van der Waals surface area contributed by atoms with Crippen molar-refractivity contribution in [3.05, 3.63) is 88.5 Å². The van der Waals surface area contributed by atoms with E-state index in [4.69, 9.17) is 0 Å². The molecule has 0 aliphatic carbocycles. The standard InChI is InChI=1S/C21H19N5O2S/c27-26(28)18-10-8-17(9-11-18)13-29-21-19-20(22-14-23-21)25(15-24-19)12-4-7-16-5-2-1-3-6-16/h1-3,5-6,8-11,14-15H,4,7,12-13H2. The summed E-state index contributed by atoms with van der Waals surface area (Å²) in [5, 5.41) is 11.6. The van der Waals surface area contributed by atoms with E-state index in [0.29, 0.717) is 5.75 Å². The normalized spacial score (nSPS) is 11.0. The molecule has 0 bridgehead atoms. The Labute approximate surface area is 172 Å². The molecule has 0 spiro atoms. The summed E-state index contributed by atoms with van der Waals surface area (Å²) < 4.78 is 2.07. The lowest BCUT2D eigenvalue weighted by Crippen LogP contribution is -2.00. The van der Waals surface area contributed by atoms with Crippen LogP contribution in [0.5, 0.6) is 0 Å². The molecule has 0 radical (unpaired) electrons. The van der Waals surface area contributed by atoms with E-state index < -0.39 is 4.92 Å². The zero-order valence-corrected chi connectivity index (χ0v) is 16.5. The van der Waals surface area contributed by atoms with E-state index >= 15 is 0 Å². The average molecular weight is 405 g/mol. The van der Waals surface area contributed by atoms with Crippen molar-refractivity contribution in [3.63, 3.8) is 0 Å². The summed E-state index contributed by atoms with van der Waals surface area (Å²) in [6, 6.07) is 17.0. The van der Waals surface area contributed by atoms with Crippen molar-refractivity contribution in [1.29, 1.82) is 0 Å². The van der Waals surface area contributed by atoms with Gasteiger partial charge in [-0.3, -0.25) is 10.1 Å². The second-order valence-corrected chi connectivity index (χ2v) is 7.55. The Bertz CT molecular complexity index is 1110. The van der Waals surface area contributed by atoms with Crippen molar-refractivity contribution in [1.82, 2.24) is 19.5 Å². The van der Waals surface area contributed by atoms with Crippen LogP contribution in [0.3, 0.4) is 0 Å². The molecule has 146 valence electrons. The highest BCUT2D eigenvalue weighted by atomic mass is 32.2. The minimum absolute atomic E-state index is 0.0948. The van der Waals surface area contributed by atoms with Gasteiger partial charge in [0.1, 0.15) is 16.9 Å². The number of aryl methyl sites for hydroxylation is 2. The molecule has 0 saturated carbocycles. The topological polar surface area (TPSA) is 86.7 Å². The smallest absolute Gasteiger partial charge is 0.269 e. The highest BCUT2D eigenvalue weighted by molar-refractivity contribution is 7.98. The molecule has 0 unspecified atom stereocenters. The van der Waals surface area contributed by atoms with Crippen molar-refractivity contribution in [2.24, 2.45) is 0 Å². The van der Waals surface area contributed by atoms with Crippen LogP contribution in [0.15, 0.2) is 72.3 Å². The molecular formula is C21H19N5O2S. The molecule has 4 rings (SSSR count). The molecule has 0 aliphatic rings. The molecule has 0 atom stereocenters. The first-order valence-electron chi connectivity index (χ1n) is 9.26. The Balaban J connectivity index is 1.42. The van der Waals surface area contributed by atoms with Crippen molar-refractivity contribution in [2.45, 2.75) is 30.2 Å². The fourth-order valence-electron chi connectivity index (χ4n) is 3.09. The number of rotatable bonds is 8. The van der Waals surface area contributed by atoms with Gasteiger partial charge in [0.05, 0.1) is 11.3 Å². The van der Waals surface area contributed by atoms with E-state index in [1.54, 1.807) is 30.2 Å². The van der Waals surface area contributed by atoms with Crippen LogP contribution in [-0.4, -0.2) is 24.4 Å². The highest BCUT2D eigenvalue weighted by Gasteiger charge is 2.11. The number of benzene rings is 2. The van der Waals surface area contributed by atoms with Gasteiger partial charge in [0, 0.05) is 24.4 Å². The summed E-state index contributed by atoms with van der Waals surface area (Å²) in [6.45, 7) is 0.842. The summed E-state index contributed by atoms with van der Waals surface area (Å²) >= 11 is 1.55. The summed E-state index contributed by atoms with van der Waals surface area (Å²) in [6.07, 6.45) is 5.40. The van der Waals surface area contributed by atoms with Crippen molar-refractivity contribution in [3.8, 4) is 0 Å². The van der Waals surface area contributed by atoms with Crippen molar-refractivity contribution < 1.29 is 4.92 Å². The van der Waals surface area contributed by atoms with Gasteiger partial charge in [0.2, 0.25) is 0 Å². The SMILES string of the molecule is O=[N+]([O-])c1ccc(CSc2ncnc3c2ncn3CCCc2ccccc2)cc1. The highest BCUT2D eigenvalue weighted by Crippen LogP contribution is 2.27. The van der Waals surface area contributed by atoms with Crippen LogP contribution in [0, 0.1) is 10.1 Å². The third-order valence-corrected chi connectivity index (χ3v) is 5.65. The van der Waals surface area contributed by atoms with Gasteiger partial charge in [-0.15, -0.1) is 0 Å². The molecule has 4 aromatic rings. The van der Waals surface area contributed by atoms with Gasteiger partial charge in [-0.2, -0.15) is 0 Å². The fourth-order valence-corrected chi connectivity index (χ4v) is 3.99. The van der Waals surface area contributed by atoms with E-state index in [1.807, 2.05) is 12.4 Å². The quantitative estimate of drug-likeness (QED) is 0.183. The minimum atomic E-state index is -0.394. The summed E-state index contributed by atoms with van der Waals surface area (Å²) in [4.78, 5) is 23.7. The Morgan fingerprint density at radius 2 is 1.76 bits per heavy atom. The van der Waals surface area contributed by atoms with Crippen molar-refractivity contribution >= 4 is 28.6 Å². The third kappa shape index (κ3) is 4.60. The van der Waals surface area contributed by atoms with E-state index in [1.165, 1.54) is 17.7 Å². The second kappa shape index (κ2) is 8.83. The van der Waals surface area contributed by atoms with Gasteiger partial charge in [0.15, 0.2) is 5.65 Å². The Morgan fingerprint density at radius 1 is 0.966 bits per heavy atom. The van der Waals surface area contributed by atoms with Gasteiger partial charge in [-0.05, 0) is 24.0 Å². The molecule has 0 amide bonds. The van der Waals surface area contributed by atoms with E-state index in [2.05, 4.69) is 43.8 Å². The molecule has 0 aliphatic heterocycles. The first kappa shape index (κ1) is 19.1. The molecule has 0 fully saturated rings. The summed E-state index contributed by atoms with van der Waals surface area (Å²) in [5.74, 6) is 0.658. The molecule has 2 aromatic heterocycles. The minimum Gasteiger partial charge on any atom is -0.315 e. The number of nitro groups is 1. The number of non-ortho nitro benzene ring substituents is 1. The monoisotopic (exact) mass is 405 g/mol. The van der Waals surface area contributed by atoms with E-state index in [9.17, 15) is 10.1 Å². The maximum Gasteiger partial charge on any atom is 0.269 e. The van der Waals surface area contributed by atoms with Gasteiger partial charge in [-0.1, -0.05) is 54.2 Å². The number of hydrogen-bond acceptors (Lipinski definition) is 6. The van der Waals surface area contributed by atoms with Crippen LogP contribution < -0.4 is 0 Å². The van der Waals surface area contributed by atoms with E-state index in [0.717, 1.165) is 41.1 Å². The van der Waals surface area contributed by atoms with Crippen LogP contribution in [0.25, 0.3) is 11.2 Å². The van der Waals surface area contributed by atoms with Crippen LogP contribution in [0.4, 0.5) is 5.69 Å². The molecule has 2 heterocycles. The van der Waals surface area contributed by atoms with Crippen LogP contribution in [0.2, 0.25) is 0 Å². The van der Waals surface area contributed by atoms with Gasteiger partial charge >= 0.3 is 0 Å². The number of thioether (sulfide) groups is 1. The lowest BCUT2D eigenvalue weighted by atomic mass is 10.1. The molecule has 8 heteroatoms. The Kier molecular flexibility index (Phi) is 5.81. The van der Waals surface area contributed by atoms with Crippen LogP contribution >= 0.6 is 11.8 Å². The maximum atomic E-state index is 10.8. The Hall–Kier alpha value is -3.26. The Morgan fingerprint density at radius 3 is 2.52 bits per heavy atom. The predicted molar refractivity (Wildman–Crippen MR) is 113 cm³/mol. The van der Waals surface area contributed by atoms with Crippen LogP contribution in [0.1, 0.15) is 17.5 Å².